The van der Waals surface area contributed by atoms with E-state index in [9.17, 15) is 13.6 Å². The molecule has 0 fully saturated rings. The van der Waals surface area contributed by atoms with Crippen molar-refractivity contribution in [2.75, 3.05) is 19.5 Å². The lowest BCUT2D eigenvalue weighted by atomic mass is 10.2. The number of carbonyl (C=O) groups excluding carboxylic acids is 1. The molecule has 122 valence electrons. The van der Waals surface area contributed by atoms with Gasteiger partial charge in [0, 0.05) is 18.2 Å². The van der Waals surface area contributed by atoms with Crippen LogP contribution < -0.4 is 20.1 Å². The topological polar surface area (TPSA) is 59.6 Å². The van der Waals surface area contributed by atoms with Crippen LogP contribution in [0.15, 0.2) is 36.4 Å². The van der Waals surface area contributed by atoms with Crippen molar-refractivity contribution in [3.63, 3.8) is 0 Å². The Labute approximate surface area is 132 Å². The number of methoxy groups -OCH3 is 2. The molecule has 0 atom stereocenters. The Morgan fingerprint density at radius 2 is 1.91 bits per heavy atom. The number of anilines is 1. The summed E-state index contributed by atoms with van der Waals surface area (Å²) in [5, 5.41) is 4.80. The third kappa shape index (κ3) is 4.09. The number of ether oxygens (including phenoxy) is 2. The Bertz CT molecular complexity index is 708. The summed E-state index contributed by atoms with van der Waals surface area (Å²) in [5.74, 6) is -0.340. The molecule has 2 amide bonds. The minimum atomic E-state index is -0.722. The van der Waals surface area contributed by atoms with Gasteiger partial charge in [0.2, 0.25) is 0 Å². The molecule has 0 aromatic heterocycles. The number of halogens is 2. The van der Waals surface area contributed by atoms with E-state index in [-0.39, 0.29) is 12.2 Å². The highest BCUT2D eigenvalue weighted by Crippen LogP contribution is 2.30. The number of benzene rings is 2. The van der Waals surface area contributed by atoms with Gasteiger partial charge in [0.1, 0.15) is 11.6 Å². The summed E-state index contributed by atoms with van der Waals surface area (Å²) in [6, 6.07) is 7.38. The molecular weight excluding hydrogens is 306 g/mol. The van der Waals surface area contributed by atoms with Crippen LogP contribution in [0.1, 0.15) is 5.56 Å². The zero-order chi connectivity index (χ0) is 16.8. The molecule has 0 bridgehead atoms. The Hall–Kier alpha value is -2.83. The zero-order valence-corrected chi connectivity index (χ0v) is 12.7. The fraction of sp³-hybridized carbons (Fsp3) is 0.188. The van der Waals surface area contributed by atoms with Crippen molar-refractivity contribution >= 4 is 11.7 Å². The predicted octanol–water partition coefficient (Wildman–Crippen LogP) is 3.30. The second-order valence-electron chi connectivity index (χ2n) is 4.58. The second-order valence-corrected chi connectivity index (χ2v) is 4.58. The van der Waals surface area contributed by atoms with Crippen LogP contribution in [-0.2, 0) is 6.54 Å². The molecule has 0 spiro atoms. The van der Waals surface area contributed by atoms with Gasteiger partial charge in [-0.2, -0.15) is 0 Å². The van der Waals surface area contributed by atoms with E-state index in [2.05, 4.69) is 10.6 Å². The summed E-state index contributed by atoms with van der Waals surface area (Å²) in [6.45, 7) is 0.128. The van der Waals surface area contributed by atoms with E-state index in [0.717, 1.165) is 18.2 Å². The molecule has 5 nitrogen and oxygen atoms in total. The van der Waals surface area contributed by atoms with E-state index >= 15 is 0 Å². The number of para-hydroxylation sites is 1. The summed E-state index contributed by atoms with van der Waals surface area (Å²) in [5.41, 5.74) is 0.446. The molecule has 0 aliphatic heterocycles. The van der Waals surface area contributed by atoms with Gasteiger partial charge in [0.15, 0.2) is 11.5 Å². The molecule has 2 N–H and O–H groups in total. The summed E-state index contributed by atoms with van der Waals surface area (Å²) in [7, 11) is 3.00. The Kier molecular flexibility index (Phi) is 5.35. The molecule has 0 aliphatic rings. The quantitative estimate of drug-likeness (QED) is 0.888. The van der Waals surface area contributed by atoms with E-state index < -0.39 is 17.7 Å². The number of hydrogen-bond acceptors (Lipinski definition) is 3. The van der Waals surface area contributed by atoms with Crippen molar-refractivity contribution in [1.29, 1.82) is 0 Å². The average Bonchev–Trinajstić information content (AvgIpc) is 2.55. The lowest BCUT2D eigenvalue weighted by Gasteiger charge is -2.13. The Morgan fingerprint density at radius 1 is 1.13 bits per heavy atom. The van der Waals surface area contributed by atoms with Gasteiger partial charge in [0.05, 0.1) is 19.9 Å². The van der Waals surface area contributed by atoms with Crippen LogP contribution in [0, 0.1) is 11.6 Å². The van der Waals surface area contributed by atoms with Crippen molar-refractivity contribution in [2.45, 2.75) is 6.54 Å². The van der Waals surface area contributed by atoms with Crippen molar-refractivity contribution in [2.24, 2.45) is 0 Å². The molecule has 0 saturated carbocycles. The lowest BCUT2D eigenvalue weighted by Crippen LogP contribution is -2.28. The van der Waals surface area contributed by atoms with Gasteiger partial charge in [-0.15, -0.1) is 0 Å². The lowest BCUT2D eigenvalue weighted by molar-refractivity contribution is 0.251. The first kappa shape index (κ1) is 16.5. The van der Waals surface area contributed by atoms with Gasteiger partial charge in [0.25, 0.3) is 0 Å². The Morgan fingerprint density at radius 3 is 2.61 bits per heavy atom. The number of rotatable bonds is 5. The second kappa shape index (κ2) is 7.44. The van der Waals surface area contributed by atoms with Crippen LogP contribution in [0.2, 0.25) is 0 Å². The molecule has 2 aromatic carbocycles. The highest BCUT2D eigenvalue weighted by molar-refractivity contribution is 5.89. The van der Waals surface area contributed by atoms with Crippen LogP contribution in [-0.4, -0.2) is 20.3 Å². The molecular formula is C16H16F2N2O3. The average molecular weight is 322 g/mol. The maximum atomic E-state index is 13.5. The maximum absolute atomic E-state index is 13.5. The third-order valence-corrected chi connectivity index (χ3v) is 3.10. The van der Waals surface area contributed by atoms with Crippen LogP contribution in [0.25, 0.3) is 0 Å². The largest absolute Gasteiger partial charge is 0.493 e. The van der Waals surface area contributed by atoms with Crippen molar-refractivity contribution in [1.82, 2.24) is 5.32 Å². The maximum Gasteiger partial charge on any atom is 0.319 e. The molecule has 0 radical (unpaired) electrons. The van der Waals surface area contributed by atoms with E-state index in [4.69, 9.17) is 9.47 Å². The molecule has 2 rings (SSSR count). The van der Waals surface area contributed by atoms with Crippen LogP contribution in [0.3, 0.4) is 0 Å². The highest BCUT2D eigenvalue weighted by Gasteiger charge is 2.12. The fourth-order valence-corrected chi connectivity index (χ4v) is 2.03. The first-order chi connectivity index (χ1) is 11.0. The standard InChI is InChI=1S/C16H16F2N2O3/c1-22-14-5-3-4-10(15(14)23-2)9-19-16(21)20-13-8-11(17)6-7-12(13)18/h3-8H,9H2,1-2H3,(H2,19,20,21). The van der Waals surface area contributed by atoms with E-state index in [1.54, 1.807) is 18.2 Å². The van der Waals surface area contributed by atoms with Crippen molar-refractivity contribution < 1.29 is 23.0 Å². The number of amides is 2. The number of hydrogen-bond donors (Lipinski definition) is 2. The third-order valence-electron chi connectivity index (χ3n) is 3.10. The summed E-state index contributed by atoms with van der Waals surface area (Å²) in [6.07, 6.45) is 0. The van der Waals surface area contributed by atoms with E-state index in [1.165, 1.54) is 14.2 Å². The summed E-state index contributed by atoms with van der Waals surface area (Å²) in [4.78, 5) is 11.8. The minimum absolute atomic E-state index is 0.128. The zero-order valence-electron chi connectivity index (χ0n) is 12.7. The van der Waals surface area contributed by atoms with E-state index in [0.29, 0.717) is 17.1 Å². The van der Waals surface area contributed by atoms with Crippen molar-refractivity contribution in [3.8, 4) is 11.5 Å². The van der Waals surface area contributed by atoms with Crippen LogP contribution in [0.4, 0.5) is 19.3 Å². The number of urea groups is 1. The number of nitrogens with one attached hydrogen (secondary N) is 2. The van der Waals surface area contributed by atoms with Gasteiger partial charge in [-0.3, -0.25) is 0 Å². The van der Waals surface area contributed by atoms with Crippen LogP contribution >= 0.6 is 0 Å². The summed E-state index contributed by atoms with van der Waals surface area (Å²) >= 11 is 0. The van der Waals surface area contributed by atoms with Crippen molar-refractivity contribution in [3.05, 3.63) is 53.6 Å². The molecule has 0 unspecified atom stereocenters. The first-order valence-corrected chi connectivity index (χ1v) is 6.75. The van der Waals surface area contributed by atoms with Gasteiger partial charge in [-0.05, 0) is 18.2 Å². The first-order valence-electron chi connectivity index (χ1n) is 6.75. The van der Waals surface area contributed by atoms with Gasteiger partial charge >= 0.3 is 6.03 Å². The Balaban J connectivity index is 2.03. The highest BCUT2D eigenvalue weighted by atomic mass is 19.1. The minimum Gasteiger partial charge on any atom is -0.493 e. The predicted molar refractivity (Wildman–Crippen MR) is 81.8 cm³/mol. The smallest absolute Gasteiger partial charge is 0.319 e. The molecule has 2 aromatic rings. The van der Waals surface area contributed by atoms with Gasteiger partial charge in [-0.1, -0.05) is 12.1 Å². The molecule has 0 saturated heterocycles. The molecule has 0 aliphatic carbocycles. The summed E-state index contributed by atoms with van der Waals surface area (Å²) < 4.78 is 36.9. The molecule has 7 heteroatoms. The monoisotopic (exact) mass is 322 g/mol. The van der Waals surface area contributed by atoms with Crippen LogP contribution in [0.5, 0.6) is 11.5 Å². The fourth-order valence-electron chi connectivity index (χ4n) is 2.03. The normalized spacial score (nSPS) is 10.1. The van der Waals surface area contributed by atoms with Gasteiger partial charge < -0.3 is 20.1 Å². The van der Waals surface area contributed by atoms with Gasteiger partial charge in [-0.25, -0.2) is 13.6 Å². The molecule has 23 heavy (non-hydrogen) atoms. The van der Waals surface area contributed by atoms with E-state index in [1.807, 2.05) is 0 Å². The number of carbonyl (C=O) groups is 1. The SMILES string of the molecule is COc1cccc(CNC(=O)Nc2cc(F)ccc2F)c1OC. The molecule has 0 heterocycles.